The standard InChI is InChI=1S/C23H26BrCl2NO2/c1-28-22-12-17(14-27-10-9-16-5-3-2-4-6-16)11-20(24)23(22)29-15-18-7-8-19(25)13-21(18)26/h5,7-8,11-13,27H,2-4,6,9-10,14-15H2,1H3. The molecular formula is C23H26BrCl2NO2. The molecule has 2 aromatic rings. The van der Waals surface area contributed by atoms with Gasteiger partial charge in [0.05, 0.1) is 11.6 Å². The predicted octanol–water partition coefficient (Wildman–Crippen LogP) is 7.32. The van der Waals surface area contributed by atoms with E-state index in [1.165, 1.54) is 25.7 Å². The van der Waals surface area contributed by atoms with E-state index in [1.54, 1.807) is 24.8 Å². The van der Waals surface area contributed by atoms with Crippen molar-refractivity contribution in [1.82, 2.24) is 5.32 Å². The van der Waals surface area contributed by atoms with Crippen LogP contribution in [-0.4, -0.2) is 13.7 Å². The zero-order valence-corrected chi connectivity index (χ0v) is 19.7. The maximum Gasteiger partial charge on any atom is 0.175 e. The summed E-state index contributed by atoms with van der Waals surface area (Å²) in [6, 6.07) is 9.46. The summed E-state index contributed by atoms with van der Waals surface area (Å²) >= 11 is 15.8. The molecule has 0 saturated heterocycles. The van der Waals surface area contributed by atoms with Crippen molar-refractivity contribution in [3.05, 3.63) is 67.6 Å². The van der Waals surface area contributed by atoms with E-state index in [0.717, 1.165) is 35.1 Å². The van der Waals surface area contributed by atoms with Crippen molar-refractivity contribution in [2.24, 2.45) is 0 Å². The van der Waals surface area contributed by atoms with Crippen LogP contribution in [0.25, 0.3) is 0 Å². The molecule has 0 radical (unpaired) electrons. The van der Waals surface area contributed by atoms with Gasteiger partial charge in [0.15, 0.2) is 11.5 Å². The lowest BCUT2D eigenvalue weighted by Crippen LogP contribution is -2.16. The van der Waals surface area contributed by atoms with Crippen molar-refractivity contribution in [3.63, 3.8) is 0 Å². The second-order valence-electron chi connectivity index (χ2n) is 7.17. The summed E-state index contributed by atoms with van der Waals surface area (Å²) in [5.41, 5.74) is 3.60. The topological polar surface area (TPSA) is 30.5 Å². The van der Waals surface area contributed by atoms with Gasteiger partial charge >= 0.3 is 0 Å². The first-order valence-corrected chi connectivity index (χ1v) is 11.4. The SMILES string of the molecule is COc1cc(CNCCC2=CCCCC2)cc(Br)c1OCc1ccc(Cl)cc1Cl. The maximum atomic E-state index is 6.24. The van der Waals surface area contributed by atoms with Crippen LogP contribution in [0.4, 0.5) is 0 Å². The van der Waals surface area contributed by atoms with E-state index < -0.39 is 0 Å². The highest BCUT2D eigenvalue weighted by molar-refractivity contribution is 9.10. The average molecular weight is 499 g/mol. The van der Waals surface area contributed by atoms with Crippen molar-refractivity contribution in [2.45, 2.75) is 45.3 Å². The number of halogens is 3. The number of hydrogen-bond acceptors (Lipinski definition) is 3. The molecule has 3 rings (SSSR count). The minimum Gasteiger partial charge on any atom is -0.493 e. The highest BCUT2D eigenvalue weighted by Crippen LogP contribution is 2.37. The van der Waals surface area contributed by atoms with Crippen LogP contribution in [0, 0.1) is 0 Å². The summed E-state index contributed by atoms with van der Waals surface area (Å²) in [6.07, 6.45) is 8.69. The maximum absolute atomic E-state index is 6.24. The van der Waals surface area contributed by atoms with Gasteiger partial charge in [0.2, 0.25) is 0 Å². The van der Waals surface area contributed by atoms with Crippen LogP contribution in [0.2, 0.25) is 10.0 Å². The third kappa shape index (κ3) is 6.65. The monoisotopic (exact) mass is 497 g/mol. The smallest absolute Gasteiger partial charge is 0.175 e. The Hall–Kier alpha value is -1.20. The lowest BCUT2D eigenvalue weighted by Gasteiger charge is -2.16. The zero-order chi connectivity index (χ0) is 20.6. The third-order valence-electron chi connectivity index (χ3n) is 5.01. The van der Waals surface area contributed by atoms with Crippen molar-refractivity contribution in [2.75, 3.05) is 13.7 Å². The summed E-state index contributed by atoms with van der Waals surface area (Å²) in [5, 5.41) is 4.72. The van der Waals surface area contributed by atoms with Crippen LogP contribution in [0.3, 0.4) is 0 Å². The largest absolute Gasteiger partial charge is 0.493 e. The molecule has 0 spiro atoms. The summed E-state index contributed by atoms with van der Waals surface area (Å²) in [4.78, 5) is 0. The number of methoxy groups -OCH3 is 1. The van der Waals surface area contributed by atoms with Gasteiger partial charge in [-0.25, -0.2) is 0 Å². The molecule has 0 aliphatic heterocycles. The van der Waals surface area contributed by atoms with E-state index in [-0.39, 0.29) is 0 Å². The Morgan fingerprint density at radius 3 is 2.72 bits per heavy atom. The molecule has 0 fully saturated rings. The first kappa shape index (κ1) is 22.5. The molecule has 0 amide bonds. The molecule has 0 saturated carbocycles. The highest BCUT2D eigenvalue weighted by atomic mass is 79.9. The molecule has 6 heteroatoms. The fraction of sp³-hybridized carbons (Fsp3) is 0.391. The van der Waals surface area contributed by atoms with Crippen LogP contribution >= 0.6 is 39.1 Å². The third-order valence-corrected chi connectivity index (χ3v) is 6.19. The predicted molar refractivity (Wildman–Crippen MR) is 124 cm³/mol. The Bertz CT molecular complexity index is 870. The summed E-state index contributed by atoms with van der Waals surface area (Å²) in [5.74, 6) is 1.35. The molecular weight excluding hydrogens is 473 g/mol. The second kappa shape index (κ2) is 11.3. The Kier molecular flexibility index (Phi) is 8.73. The first-order chi connectivity index (χ1) is 14.1. The van der Waals surface area contributed by atoms with E-state index in [0.29, 0.717) is 28.2 Å². The van der Waals surface area contributed by atoms with E-state index in [4.69, 9.17) is 32.7 Å². The van der Waals surface area contributed by atoms with Crippen molar-refractivity contribution < 1.29 is 9.47 Å². The summed E-state index contributed by atoms with van der Waals surface area (Å²) in [7, 11) is 1.65. The Morgan fingerprint density at radius 2 is 2.00 bits per heavy atom. The van der Waals surface area contributed by atoms with E-state index in [2.05, 4.69) is 33.4 Å². The van der Waals surface area contributed by atoms with Gasteiger partial charge in [-0.3, -0.25) is 0 Å². The van der Waals surface area contributed by atoms with E-state index in [9.17, 15) is 0 Å². The van der Waals surface area contributed by atoms with Gasteiger partial charge in [-0.2, -0.15) is 0 Å². The van der Waals surface area contributed by atoms with Crippen LogP contribution in [0.15, 0.2) is 46.5 Å². The quantitative estimate of drug-likeness (QED) is 0.290. The van der Waals surface area contributed by atoms with Gasteiger partial charge < -0.3 is 14.8 Å². The fourth-order valence-corrected chi connectivity index (χ4v) is 4.48. The van der Waals surface area contributed by atoms with Crippen molar-refractivity contribution >= 4 is 39.1 Å². The number of rotatable bonds is 9. The molecule has 1 aliphatic carbocycles. The van der Waals surface area contributed by atoms with Crippen LogP contribution in [-0.2, 0) is 13.2 Å². The number of allylic oxidation sites excluding steroid dienone is 1. The minimum atomic E-state index is 0.331. The molecule has 1 aliphatic rings. The summed E-state index contributed by atoms with van der Waals surface area (Å²) < 4.78 is 12.4. The number of ether oxygens (including phenoxy) is 2. The van der Waals surface area contributed by atoms with Gasteiger partial charge in [-0.15, -0.1) is 0 Å². The molecule has 0 heterocycles. The van der Waals surface area contributed by atoms with E-state index in [1.807, 2.05) is 12.1 Å². The van der Waals surface area contributed by atoms with Crippen molar-refractivity contribution in [3.8, 4) is 11.5 Å². The molecule has 156 valence electrons. The van der Waals surface area contributed by atoms with E-state index >= 15 is 0 Å². The van der Waals surface area contributed by atoms with Gasteiger partial charge in [0.1, 0.15) is 6.61 Å². The normalized spacial score (nSPS) is 13.9. The van der Waals surface area contributed by atoms with Crippen molar-refractivity contribution in [1.29, 1.82) is 0 Å². The Balaban J connectivity index is 1.58. The van der Waals surface area contributed by atoms with Crippen LogP contribution in [0.1, 0.15) is 43.2 Å². The second-order valence-corrected chi connectivity index (χ2v) is 8.87. The van der Waals surface area contributed by atoms with Gasteiger partial charge in [0.25, 0.3) is 0 Å². The molecule has 0 unspecified atom stereocenters. The molecule has 29 heavy (non-hydrogen) atoms. The number of hydrogen-bond donors (Lipinski definition) is 1. The molecule has 2 aromatic carbocycles. The molecule has 0 bridgehead atoms. The fourth-order valence-electron chi connectivity index (χ4n) is 3.42. The molecule has 0 aromatic heterocycles. The van der Waals surface area contributed by atoms with Gasteiger partial charge in [0, 0.05) is 22.2 Å². The Labute approximate surface area is 191 Å². The molecule has 0 atom stereocenters. The zero-order valence-electron chi connectivity index (χ0n) is 16.6. The minimum absolute atomic E-state index is 0.331. The molecule has 1 N–H and O–H groups in total. The number of nitrogens with one attached hydrogen (secondary N) is 1. The van der Waals surface area contributed by atoms with Crippen LogP contribution < -0.4 is 14.8 Å². The van der Waals surface area contributed by atoms with Crippen LogP contribution in [0.5, 0.6) is 11.5 Å². The first-order valence-electron chi connectivity index (χ1n) is 9.88. The Morgan fingerprint density at radius 1 is 1.14 bits per heavy atom. The molecule has 3 nitrogen and oxygen atoms in total. The lowest BCUT2D eigenvalue weighted by molar-refractivity contribution is 0.282. The number of benzene rings is 2. The highest BCUT2D eigenvalue weighted by Gasteiger charge is 2.13. The van der Waals surface area contributed by atoms with Gasteiger partial charge in [-0.1, -0.05) is 40.9 Å². The lowest BCUT2D eigenvalue weighted by atomic mass is 9.97. The van der Waals surface area contributed by atoms with Gasteiger partial charge in [-0.05, 0) is 84.4 Å². The summed E-state index contributed by atoms with van der Waals surface area (Å²) in [6.45, 7) is 2.10. The average Bonchev–Trinajstić information content (AvgIpc) is 2.72.